The van der Waals surface area contributed by atoms with E-state index in [2.05, 4.69) is 35.5 Å². The van der Waals surface area contributed by atoms with Crippen LogP contribution in [0.15, 0.2) is 66.9 Å². The summed E-state index contributed by atoms with van der Waals surface area (Å²) < 4.78 is 12.9. The van der Waals surface area contributed by atoms with E-state index in [1.165, 1.54) is 29.8 Å². The number of pyridine rings is 1. The Balaban J connectivity index is 1.69. The molecule has 0 aliphatic carbocycles. The van der Waals surface area contributed by atoms with Gasteiger partial charge in [-0.1, -0.05) is 32.0 Å². The van der Waals surface area contributed by atoms with Gasteiger partial charge in [0, 0.05) is 11.3 Å². The van der Waals surface area contributed by atoms with Crippen molar-refractivity contribution in [2.75, 3.05) is 10.6 Å². The molecule has 0 saturated heterocycles. The third-order valence-electron chi connectivity index (χ3n) is 3.97. The molecule has 3 aromatic rings. The molecule has 1 aromatic heterocycles. The summed E-state index contributed by atoms with van der Waals surface area (Å²) in [6, 6.07) is 17.1. The highest BCUT2D eigenvalue weighted by atomic mass is 19.1. The van der Waals surface area contributed by atoms with Crippen molar-refractivity contribution in [2.24, 2.45) is 0 Å². The topological polar surface area (TPSA) is 54.0 Å². The summed E-state index contributed by atoms with van der Waals surface area (Å²) in [6.45, 7) is 4.29. The van der Waals surface area contributed by atoms with Crippen LogP contribution in [-0.4, -0.2) is 10.9 Å². The van der Waals surface area contributed by atoms with Crippen molar-refractivity contribution in [3.63, 3.8) is 0 Å². The minimum atomic E-state index is -0.378. The molecular weight excluding hydrogens is 329 g/mol. The second-order valence-electron chi connectivity index (χ2n) is 6.26. The minimum Gasteiger partial charge on any atom is -0.354 e. The molecular formula is C21H20FN3O. The quantitative estimate of drug-likeness (QED) is 0.654. The highest BCUT2D eigenvalue weighted by Crippen LogP contribution is 2.26. The van der Waals surface area contributed by atoms with Crippen molar-refractivity contribution in [3.05, 3.63) is 83.8 Å². The van der Waals surface area contributed by atoms with Crippen LogP contribution in [-0.2, 0) is 0 Å². The van der Waals surface area contributed by atoms with Crippen molar-refractivity contribution in [3.8, 4) is 0 Å². The molecule has 0 fully saturated rings. The number of hydrogen-bond acceptors (Lipinski definition) is 3. The van der Waals surface area contributed by atoms with E-state index in [0.29, 0.717) is 17.3 Å². The van der Waals surface area contributed by atoms with Gasteiger partial charge in [0.2, 0.25) is 0 Å². The van der Waals surface area contributed by atoms with Gasteiger partial charge in [-0.3, -0.25) is 4.79 Å². The van der Waals surface area contributed by atoms with Crippen LogP contribution in [0.5, 0.6) is 0 Å². The van der Waals surface area contributed by atoms with Gasteiger partial charge in [-0.15, -0.1) is 0 Å². The zero-order valence-corrected chi connectivity index (χ0v) is 14.7. The number of para-hydroxylation sites is 1. The second kappa shape index (κ2) is 7.78. The molecule has 26 heavy (non-hydrogen) atoms. The molecule has 2 aromatic carbocycles. The number of aromatic nitrogens is 1. The van der Waals surface area contributed by atoms with Crippen LogP contribution >= 0.6 is 0 Å². The summed E-state index contributed by atoms with van der Waals surface area (Å²) in [5.41, 5.74) is 3.47. The molecule has 1 heterocycles. The lowest BCUT2D eigenvalue weighted by atomic mass is 10.0. The smallest absolute Gasteiger partial charge is 0.256 e. The fraction of sp³-hybridized carbons (Fsp3) is 0.143. The second-order valence-corrected chi connectivity index (χ2v) is 6.26. The molecule has 0 unspecified atom stereocenters. The molecule has 132 valence electrons. The lowest BCUT2D eigenvalue weighted by molar-refractivity contribution is 0.102. The number of nitrogens with zero attached hydrogens (tertiary/aromatic N) is 1. The van der Waals surface area contributed by atoms with Gasteiger partial charge in [0.05, 0.1) is 11.9 Å². The number of hydrogen-bond donors (Lipinski definition) is 2. The molecule has 0 radical (unpaired) electrons. The average molecular weight is 349 g/mol. The standard InChI is InChI=1S/C21H20FN3O/c1-14(2)18-5-3-4-6-19(18)24-17-11-12-20(23-13-17)25-21(26)15-7-9-16(22)10-8-15/h3-14,24H,1-2H3,(H,23,25,26). The Hall–Kier alpha value is -3.21. The fourth-order valence-electron chi connectivity index (χ4n) is 2.60. The predicted octanol–water partition coefficient (Wildman–Crippen LogP) is 5.34. The van der Waals surface area contributed by atoms with Crippen LogP contribution in [0, 0.1) is 5.82 Å². The molecule has 3 rings (SSSR count). The lowest BCUT2D eigenvalue weighted by Gasteiger charge is -2.14. The van der Waals surface area contributed by atoms with Crippen LogP contribution in [0.1, 0.15) is 35.7 Å². The van der Waals surface area contributed by atoms with Gasteiger partial charge in [-0.2, -0.15) is 0 Å². The third-order valence-corrected chi connectivity index (χ3v) is 3.97. The van der Waals surface area contributed by atoms with Crippen molar-refractivity contribution in [2.45, 2.75) is 19.8 Å². The molecule has 5 heteroatoms. The molecule has 4 nitrogen and oxygen atoms in total. The van der Waals surface area contributed by atoms with E-state index in [4.69, 9.17) is 0 Å². The van der Waals surface area contributed by atoms with E-state index in [0.717, 1.165) is 11.4 Å². The number of benzene rings is 2. The Labute approximate surface area is 152 Å². The van der Waals surface area contributed by atoms with Gasteiger partial charge >= 0.3 is 0 Å². The predicted molar refractivity (Wildman–Crippen MR) is 102 cm³/mol. The molecule has 0 atom stereocenters. The summed E-state index contributed by atoms with van der Waals surface area (Å²) in [5, 5.41) is 6.05. The van der Waals surface area contributed by atoms with E-state index < -0.39 is 0 Å². The number of anilines is 3. The Morgan fingerprint density at radius 1 is 1.00 bits per heavy atom. The van der Waals surface area contributed by atoms with Crippen molar-refractivity contribution >= 4 is 23.1 Å². The lowest BCUT2D eigenvalue weighted by Crippen LogP contribution is -2.12. The summed E-state index contributed by atoms with van der Waals surface area (Å²) in [7, 11) is 0. The number of rotatable bonds is 5. The highest BCUT2D eigenvalue weighted by molar-refractivity contribution is 6.03. The molecule has 0 spiro atoms. The van der Waals surface area contributed by atoms with Crippen LogP contribution in [0.25, 0.3) is 0 Å². The van der Waals surface area contributed by atoms with Crippen LogP contribution in [0.2, 0.25) is 0 Å². The maximum Gasteiger partial charge on any atom is 0.256 e. The molecule has 0 saturated carbocycles. The number of amides is 1. The van der Waals surface area contributed by atoms with Crippen molar-refractivity contribution in [1.29, 1.82) is 0 Å². The first kappa shape index (κ1) is 17.6. The molecule has 0 aliphatic rings. The zero-order valence-electron chi connectivity index (χ0n) is 14.7. The SMILES string of the molecule is CC(C)c1ccccc1Nc1ccc(NC(=O)c2ccc(F)cc2)nc1. The molecule has 0 aliphatic heterocycles. The van der Waals surface area contributed by atoms with Crippen LogP contribution < -0.4 is 10.6 Å². The maximum absolute atomic E-state index is 12.9. The average Bonchev–Trinajstić information content (AvgIpc) is 2.64. The fourth-order valence-corrected chi connectivity index (χ4v) is 2.60. The van der Waals surface area contributed by atoms with Gasteiger partial charge in [-0.05, 0) is 53.9 Å². The van der Waals surface area contributed by atoms with Gasteiger partial charge in [0.1, 0.15) is 11.6 Å². The van der Waals surface area contributed by atoms with E-state index >= 15 is 0 Å². The number of carbonyl (C=O) groups excluding carboxylic acids is 1. The van der Waals surface area contributed by atoms with Gasteiger partial charge in [-0.25, -0.2) is 9.37 Å². The number of carbonyl (C=O) groups is 1. The number of nitrogens with one attached hydrogen (secondary N) is 2. The Morgan fingerprint density at radius 2 is 1.73 bits per heavy atom. The summed E-state index contributed by atoms with van der Waals surface area (Å²) in [5.74, 6) is 0.128. The van der Waals surface area contributed by atoms with E-state index in [-0.39, 0.29) is 11.7 Å². The Kier molecular flexibility index (Phi) is 5.27. The van der Waals surface area contributed by atoms with Gasteiger partial charge < -0.3 is 10.6 Å². The summed E-state index contributed by atoms with van der Waals surface area (Å²) in [6.07, 6.45) is 1.66. The normalized spacial score (nSPS) is 10.6. The van der Waals surface area contributed by atoms with Crippen LogP contribution in [0.3, 0.4) is 0 Å². The monoisotopic (exact) mass is 349 g/mol. The molecule has 1 amide bonds. The van der Waals surface area contributed by atoms with E-state index in [1.807, 2.05) is 24.3 Å². The van der Waals surface area contributed by atoms with Crippen molar-refractivity contribution in [1.82, 2.24) is 4.98 Å². The molecule has 0 bridgehead atoms. The highest BCUT2D eigenvalue weighted by Gasteiger charge is 2.08. The largest absolute Gasteiger partial charge is 0.354 e. The van der Waals surface area contributed by atoms with E-state index in [9.17, 15) is 9.18 Å². The maximum atomic E-state index is 12.9. The van der Waals surface area contributed by atoms with E-state index in [1.54, 1.807) is 12.3 Å². The first-order valence-electron chi connectivity index (χ1n) is 8.42. The zero-order chi connectivity index (χ0) is 18.5. The van der Waals surface area contributed by atoms with Gasteiger partial charge in [0.15, 0.2) is 0 Å². The summed E-state index contributed by atoms with van der Waals surface area (Å²) >= 11 is 0. The number of halogens is 1. The first-order chi connectivity index (χ1) is 12.5. The van der Waals surface area contributed by atoms with Gasteiger partial charge in [0.25, 0.3) is 5.91 Å². The summed E-state index contributed by atoms with van der Waals surface area (Å²) in [4.78, 5) is 16.4. The first-order valence-corrected chi connectivity index (χ1v) is 8.42. The van der Waals surface area contributed by atoms with Crippen molar-refractivity contribution < 1.29 is 9.18 Å². The Bertz CT molecular complexity index is 890. The Morgan fingerprint density at radius 3 is 2.38 bits per heavy atom. The minimum absolute atomic E-state index is 0.330. The third kappa shape index (κ3) is 4.25. The van der Waals surface area contributed by atoms with Crippen LogP contribution in [0.4, 0.5) is 21.6 Å². The molecule has 2 N–H and O–H groups in total.